The van der Waals surface area contributed by atoms with Gasteiger partial charge in [-0.3, -0.25) is 0 Å². The first-order chi connectivity index (χ1) is 8.29. The summed E-state index contributed by atoms with van der Waals surface area (Å²) in [5.41, 5.74) is 2.42. The minimum absolute atomic E-state index is 0.0433. The monoisotopic (exact) mass is 290 g/mol. The smallest absolute Gasteiger partial charge is 0.0998 e. The lowest BCUT2D eigenvalue weighted by molar-refractivity contribution is 0.282. The molecule has 2 aromatic rings. The van der Waals surface area contributed by atoms with Gasteiger partial charge in [0.05, 0.1) is 18.0 Å². The van der Waals surface area contributed by atoms with E-state index in [9.17, 15) is 0 Å². The molecule has 0 spiro atoms. The molecule has 0 saturated carbocycles. The van der Waals surface area contributed by atoms with E-state index in [0.29, 0.717) is 0 Å². The Morgan fingerprint density at radius 1 is 0.941 bits per heavy atom. The summed E-state index contributed by atoms with van der Waals surface area (Å²) in [4.78, 5) is 0. The van der Waals surface area contributed by atoms with Crippen LogP contribution in [0.1, 0.15) is 5.56 Å². The first-order valence-corrected chi connectivity index (χ1v) is 5.95. The van der Waals surface area contributed by atoms with Gasteiger partial charge in [-0.25, -0.2) is 0 Å². The zero-order valence-electron chi connectivity index (χ0n) is 9.05. The van der Waals surface area contributed by atoms with Gasteiger partial charge in [0.25, 0.3) is 0 Å². The maximum Gasteiger partial charge on any atom is 0.0998 e. The lowest BCUT2D eigenvalue weighted by Gasteiger charge is -1.97. The summed E-state index contributed by atoms with van der Waals surface area (Å²) in [5.74, 6) is 0. The number of aliphatic hydroxyl groups excluding tert-OH is 1. The molecule has 0 radical (unpaired) electrons. The molecule has 86 valence electrons. The van der Waals surface area contributed by atoms with Crippen LogP contribution in [0.5, 0.6) is 0 Å². The van der Waals surface area contributed by atoms with Crippen molar-refractivity contribution in [2.24, 2.45) is 10.2 Å². The van der Waals surface area contributed by atoms with E-state index >= 15 is 0 Å². The maximum absolute atomic E-state index is 8.91. The fraction of sp³-hybridized carbons (Fsp3) is 0.0769. The highest BCUT2D eigenvalue weighted by Crippen LogP contribution is 2.26. The molecule has 4 heteroatoms. The Balaban J connectivity index is 2.17. The Kier molecular flexibility index (Phi) is 4.01. The van der Waals surface area contributed by atoms with Gasteiger partial charge in [0.15, 0.2) is 0 Å². The average molecular weight is 291 g/mol. The van der Waals surface area contributed by atoms with E-state index in [-0.39, 0.29) is 6.61 Å². The predicted molar refractivity (Wildman–Crippen MR) is 70.7 cm³/mol. The average Bonchev–Trinajstić information content (AvgIpc) is 2.38. The molecule has 17 heavy (non-hydrogen) atoms. The van der Waals surface area contributed by atoms with E-state index in [0.717, 1.165) is 21.4 Å². The molecule has 0 unspecified atom stereocenters. The van der Waals surface area contributed by atoms with Gasteiger partial charge in [-0.15, -0.1) is 5.11 Å². The van der Waals surface area contributed by atoms with E-state index < -0.39 is 0 Å². The molecular weight excluding hydrogens is 280 g/mol. The van der Waals surface area contributed by atoms with Crippen LogP contribution in [0.4, 0.5) is 11.4 Å². The molecule has 0 fully saturated rings. The zero-order valence-corrected chi connectivity index (χ0v) is 10.6. The highest BCUT2D eigenvalue weighted by atomic mass is 79.9. The Morgan fingerprint density at radius 2 is 1.65 bits per heavy atom. The van der Waals surface area contributed by atoms with Crippen molar-refractivity contribution in [3.8, 4) is 0 Å². The SMILES string of the molecule is OCc1ccc(N=Nc2ccccc2Br)cc1. The van der Waals surface area contributed by atoms with Crippen LogP contribution in [0.25, 0.3) is 0 Å². The van der Waals surface area contributed by atoms with Crippen LogP contribution in [0, 0.1) is 0 Å². The van der Waals surface area contributed by atoms with E-state index in [1.807, 2.05) is 48.5 Å². The summed E-state index contributed by atoms with van der Waals surface area (Å²) < 4.78 is 0.913. The molecule has 0 amide bonds. The van der Waals surface area contributed by atoms with Gasteiger partial charge in [0.1, 0.15) is 0 Å². The Labute approximate surface area is 108 Å². The standard InChI is InChI=1S/C13H11BrN2O/c14-12-3-1-2-4-13(12)16-15-11-7-5-10(9-17)6-8-11/h1-8,17H,9H2. The molecule has 2 aromatic carbocycles. The number of halogens is 1. The summed E-state index contributed by atoms with van der Waals surface area (Å²) in [7, 11) is 0. The Hall–Kier alpha value is -1.52. The predicted octanol–water partition coefficient (Wildman–Crippen LogP) is 4.36. The van der Waals surface area contributed by atoms with E-state index in [2.05, 4.69) is 26.2 Å². The molecule has 0 aromatic heterocycles. The van der Waals surface area contributed by atoms with Crippen molar-refractivity contribution in [2.45, 2.75) is 6.61 Å². The fourth-order valence-electron chi connectivity index (χ4n) is 1.31. The zero-order chi connectivity index (χ0) is 12.1. The number of hydrogen-bond acceptors (Lipinski definition) is 3. The largest absolute Gasteiger partial charge is 0.392 e. The number of aliphatic hydroxyl groups is 1. The van der Waals surface area contributed by atoms with E-state index in [4.69, 9.17) is 5.11 Å². The summed E-state index contributed by atoms with van der Waals surface area (Å²) >= 11 is 3.41. The second kappa shape index (κ2) is 5.70. The molecule has 0 aliphatic carbocycles. The summed E-state index contributed by atoms with van der Waals surface area (Å²) in [6.07, 6.45) is 0. The minimum atomic E-state index is 0.0433. The van der Waals surface area contributed by atoms with Crippen molar-refractivity contribution < 1.29 is 5.11 Å². The second-order valence-electron chi connectivity index (χ2n) is 3.48. The molecule has 2 rings (SSSR count). The maximum atomic E-state index is 8.91. The van der Waals surface area contributed by atoms with Crippen LogP contribution >= 0.6 is 15.9 Å². The van der Waals surface area contributed by atoms with Crippen LogP contribution in [0.3, 0.4) is 0 Å². The van der Waals surface area contributed by atoms with Crippen molar-refractivity contribution in [3.05, 3.63) is 58.6 Å². The van der Waals surface area contributed by atoms with Crippen LogP contribution in [-0.4, -0.2) is 5.11 Å². The molecule has 3 nitrogen and oxygen atoms in total. The summed E-state index contributed by atoms with van der Waals surface area (Å²) in [6, 6.07) is 15.0. The van der Waals surface area contributed by atoms with E-state index in [1.54, 1.807) is 0 Å². The van der Waals surface area contributed by atoms with Crippen LogP contribution in [0.15, 0.2) is 63.2 Å². The van der Waals surface area contributed by atoms with Crippen LogP contribution in [-0.2, 0) is 6.61 Å². The third kappa shape index (κ3) is 3.22. The van der Waals surface area contributed by atoms with Gasteiger partial charge < -0.3 is 5.11 Å². The van der Waals surface area contributed by atoms with Gasteiger partial charge in [-0.2, -0.15) is 5.11 Å². The lowest BCUT2D eigenvalue weighted by Crippen LogP contribution is -1.79. The molecule has 0 bridgehead atoms. The third-order valence-corrected chi connectivity index (χ3v) is 2.92. The molecular formula is C13H11BrN2O. The van der Waals surface area contributed by atoms with Crippen LogP contribution in [0.2, 0.25) is 0 Å². The molecule has 0 atom stereocenters. The minimum Gasteiger partial charge on any atom is -0.392 e. The number of benzene rings is 2. The number of nitrogens with zero attached hydrogens (tertiary/aromatic N) is 2. The van der Waals surface area contributed by atoms with Crippen LogP contribution < -0.4 is 0 Å². The number of hydrogen-bond donors (Lipinski definition) is 1. The van der Waals surface area contributed by atoms with Gasteiger partial charge in [-0.05, 0) is 45.8 Å². The molecule has 0 aliphatic heterocycles. The second-order valence-corrected chi connectivity index (χ2v) is 4.33. The first kappa shape index (κ1) is 12.0. The Bertz CT molecular complexity index is 523. The normalized spacial score (nSPS) is 10.9. The van der Waals surface area contributed by atoms with Gasteiger partial charge in [0, 0.05) is 4.47 Å². The molecule has 0 saturated heterocycles. The van der Waals surface area contributed by atoms with Gasteiger partial charge in [0.2, 0.25) is 0 Å². The Morgan fingerprint density at radius 3 is 2.29 bits per heavy atom. The van der Waals surface area contributed by atoms with Crippen molar-refractivity contribution in [1.29, 1.82) is 0 Å². The molecule has 1 N–H and O–H groups in total. The third-order valence-electron chi connectivity index (χ3n) is 2.24. The topological polar surface area (TPSA) is 45.0 Å². The van der Waals surface area contributed by atoms with Crippen molar-refractivity contribution in [3.63, 3.8) is 0 Å². The number of rotatable bonds is 3. The highest BCUT2D eigenvalue weighted by molar-refractivity contribution is 9.10. The lowest BCUT2D eigenvalue weighted by atomic mass is 10.2. The first-order valence-electron chi connectivity index (χ1n) is 5.15. The van der Waals surface area contributed by atoms with Gasteiger partial charge >= 0.3 is 0 Å². The summed E-state index contributed by atoms with van der Waals surface area (Å²) in [5, 5.41) is 17.2. The van der Waals surface area contributed by atoms with Crippen molar-refractivity contribution in [1.82, 2.24) is 0 Å². The van der Waals surface area contributed by atoms with Gasteiger partial charge in [-0.1, -0.05) is 24.3 Å². The van der Waals surface area contributed by atoms with Crippen molar-refractivity contribution in [2.75, 3.05) is 0 Å². The molecule has 0 heterocycles. The highest BCUT2D eigenvalue weighted by Gasteiger charge is 1.96. The fourth-order valence-corrected chi connectivity index (χ4v) is 1.68. The summed E-state index contributed by atoms with van der Waals surface area (Å²) in [6.45, 7) is 0.0433. The number of azo groups is 1. The quantitative estimate of drug-likeness (QED) is 0.839. The van der Waals surface area contributed by atoms with E-state index in [1.165, 1.54) is 0 Å². The van der Waals surface area contributed by atoms with Crippen molar-refractivity contribution >= 4 is 27.3 Å². The molecule has 0 aliphatic rings.